The Morgan fingerprint density at radius 3 is 2.75 bits per heavy atom. The second-order valence-corrected chi connectivity index (χ2v) is 5.66. The lowest BCUT2D eigenvalue weighted by atomic mass is 10.2. The van der Waals surface area contributed by atoms with Gasteiger partial charge in [0.25, 0.3) is 0 Å². The van der Waals surface area contributed by atoms with Gasteiger partial charge in [0.05, 0.1) is 20.7 Å². The highest BCUT2D eigenvalue weighted by atomic mass is 79.9. The van der Waals surface area contributed by atoms with Crippen molar-refractivity contribution in [1.82, 2.24) is 4.98 Å². The third kappa shape index (κ3) is 3.03. The molecular formula is C12H8BrCl2N3O2. The van der Waals surface area contributed by atoms with Gasteiger partial charge in [-0.2, -0.15) is 0 Å². The number of benzene rings is 1. The molecule has 1 aromatic heterocycles. The average Bonchev–Trinajstić information content (AvgIpc) is 2.40. The molecule has 20 heavy (non-hydrogen) atoms. The Morgan fingerprint density at radius 2 is 2.10 bits per heavy atom. The largest absolute Gasteiger partial charge is 0.332 e. The van der Waals surface area contributed by atoms with Gasteiger partial charge >= 0.3 is 5.69 Å². The first kappa shape index (κ1) is 15.0. The Hall–Kier alpha value is -1.37. The summed E-state index contributed by atoms with van der Waals surface area (Å²) in [5.74, 6) is 0.0765. The highest BCUT2D eigenvalue weighted by Gasteiger charge is 2.18. The van der Waals surface area contributed by atoms with Crippen molar-refractivity contribution in [3.63, 3.8) is 0 Å². The van der Waals surface area contributed by atoms with Crippen LogP contribution in [-0.2, 0) is 0 Å². The van der Waals surface area contributed by atoms with Crippen LogP contribution in [0.3, 0.4) is 0 Å². The second-order valence-electron chi connectivity index (χ2n) is 3.96. The number of nitrogens with one attached hydrogen (secondary N) is 1. The molecule has 0 bridgehead atoms. The van der Waals surface area contributed by atoms with E-state index < -0.39 is 4.92 Å². The molecule has 5 nitrogen and oxygen atoms in total. The predicted molar refractivity (Wildman–Crippen MR) is 83.1 cm³/mol. The fourth-order valence-electron chi connectivity index (χ4n) is 1.55. The Bertz CT molecular complexity index is 695. The highest BCUT2D eigenvalue weighted by Crippen LogP contribution is 2.37. The zero-order chi connectivity index (χ0) is 14.9. The van der Waals surface area contributed by atoms with Gasteiger partial charge in [-0.25, -0.2) is 4.98 Å². The van der Waals surface area contributed by atoms with E-state index in [0.29, 0.717) is 20.2 Å². The average molecular weight is 377 g/mol. The van der Waals surface area contributed by atoms with Gasteiger partial charge in [0.15, 0.2) is 0 Å². The molecule has 0 spiro atoms. The predicted octanol–water partition coefficient (Wildman–Crippen LogP) is 5.11. The van der Waals surface area contributed by atoms with Crippen LogP contribution in [0.15, 0.2) is 28.9 Å². The number of pyridine rings is 1. The van der Waals surface area contributed by atoms with Crippen LogP contribution in [0.4, 0.5) is 17.2 Å². The molecule has 0 saturated heterocycles. The lowest BCUT2D eigenvalue weighted by Crippen LogP contribution is -2.01. The van der Waals surface area contributed by atoms with Crippen LogP contribution < -0.4 is 5.32 Å². The Kier molecular flexibility index (Phi) is 4.47. The minimum Gasteiger partial charge on any atom is -0.332 e. The van der Waals surface area contributed by atoms with Crippen molar-refractivity contribution in [2.75, 3.05) is 5.32 Å². The first-order valence-electron chi connectivity index (χ1n) is 5.41. The smallest absolute Gasteiger partial charge is 0.312 e. The standard InChI is InChI=1S/C12H8BrCl2N3O2/c1-6-2-3-8(14)11(10(6)15)17-12-9(18(19)20)4-7(13)5-16-12/h2-5H,1H3,(H,16,17). The van der Waals surface area contributed by atoms with Crippen molar-refractivity contribution in [2.45, 2.75) is 6.92 Å². The van der Waals surface area contributed by atoms with Crippen LogP contribution in [0.2, 0.25) is 10.0 Å². The summed E-state index contributed by atoms with van der Waals surface area (Å²) in [4.78, 5) is 14.5. The molecule has 1 heterocycles. The van der Waals surface area contributed by atoms with E-state index in [1.54, 1.807) is 12.1 Å². The summed E-state index contributed by atoms with van der Waals surface area (Å²) in [6.45, 7) is 1.81. The van der Waals surface area contributed by atoms with E-state index in [9.17, 15) is 10.1 Å². The molecule has 104 valence electrons. The SMILES string of the molecule is Cc1ccc(Cl)c(Nc2ncc(Br)cc2[N+](=O)[O-])c1Cl. The number of nitro groups is 1. The van der Waals surface area contributed by atoms with Gasteiger partial charge in [-0.1, -0.05) is 29.3 Å². The lowest BCUT2D eigenvalue weighted by Gasteiger charge is -2.11. The van der Waals surface area contributed by atoms with Crippen LogP contribution in [0.25, 0.3) is 0 Å². The second kappa shape index (κ2) is 5.95. The summed E-state index contributed by atoms with van der Waals surface area (Å²) in [7, 11) is 0. The van der Waals surface area contributed by atoms with E-state index in [-0.39, 0.29) is 11.5 Å². The van der Waals surface area contributed by atoms with E-state index in [4.69, 9.17) is 23.2 Å². The fraction of sp³-hybridized carbons (Fsp3) is 0.0833. The van der Waals surface area contributed by atoms with Crippen LogP contribution in [0.5, 0.6) is 0 Å². The minimum atomic E-state index is -0.530. The molecule has 0 aliphatic carbocycles. The minimum absolute atomic E-state index is 0.0765. The topological polar surface area (TPSA) is 68.1 Å². The highest BCUT2D eigenvalue weighted by molar-refractivity contribution is 9.10. The number of rotatable bonds is 3. The maximum atomic E-state index is 11.0. The number of hydrogen-bond donors (Lipinski definition) is 1. The first-order chi connectivity index (χ1) is 9.40. The first-order valence-corrected chi connectivity index (χ1v) is 6.96. The fourth-order valence-corrected chi connectivity index (χ4v) is 2.34. The van der Waals surface area contributed by atoms with Crippen molar-refractivity contribution in [3.05, 3.63) is 54.6 Å². The van der Waals surface area contributed by atoms with E-state index >= 15 is 0 Å². The summed E-state index contributed by atoms with van der Waals surface area (Å²) < 4.78 is 0.510. The van der Waals surface area contributed by atoms with Crippen LogP contribution >= 0.6 is 39.1 Å². The van der Waals surface area contributed by atoms with Crippen molar-refractivity contribution in [2.24, 2.45) is 0 Å². The number of aromatic nitrogens is 1. The van der Waals surface area contributed by atoms with Crippen molar-refractivity contribution >= 4 is 56.3 Å². The van der Waals surface area contributed by atoms with E-state index in [1.165, 1.54) is 12.3 Å². The number of aryl methyl sites for hydroxylation is 1. The number of nitrogens with zero attached hydrogens (tertiary/aromatic N) is 2. The monoisotopic (exact) mass is 375 g/mol. The molecule has 0 aliphatic heterocycles. The summed E-state index contributed by atoms with van der Waals surface area (Å²) in [5.41, 5.74) is 1.03. The summed E-state index contributed by atoms with van der Waals surface area (Å²) in [6.07, 6.45) is 1.45. The van der Waals surface area contributed by atoms with Gasteiger partial charge < -0.3 is 5.32 Å². The van der Waals surface area contributed by atoms with Crippen LogP contribution in [0, 0.1) is 17.0 Å². The zero-order valence-electron chi connectivity index (χ0n) is 10.2. The maximum absolute atomic E-state index is 11.0. The number of halogens is 3. The molecule has 2 rings (SSSR count). The Balaban J connectivity index is 2.51. The van der Waals surface area contributed by atoms with E-state index in [2.05, 4.69) is 26.2 Å². The van der Waals surface area contributed by atoms with Crippen molar-refractivity contribution in [1.29, 1.82) is 0 Å². The van der Waals surface area contributed by atoms with Crippen molar-refractivity contribution < 1.29 is 4.92 Å². The van der Waals surface area contributed by atoms with Crippen molar-refractivity contribution in [3.8, 4) is 0 Å². The molecule has 0 radical (unpaired) electrons. The summed E-state index contributed by atoms with van der Waals surface area (Å²) in [5, 5.41) is 14.6. The third-order valence-electron chi connectivity index (χ3n) is 2.56. The van der Waals surface area contributed by atoms with Gasteiger partial charge in [-0.15, -0.1) is 0 Å². The molecule has 8 heteroatoms. The molecule has 0 unspecified atom stereocenters. The number of hydrogen-bond acceptors (Lipinski definition) is 4. The molecule has 1 N–H and O–H groups in total. The molecule has 1 aromatic carbocycles. The lowest BCUT2D eigenvalue weighted by molar-refractivity contribution is -0.384. The normalized spacial score (nSPS) is 10.4. The van der Waals surface area contributed by atoms with Crippen LogP contribution in [-0.4, -0.2) is 9.91 Å². The maximum Gasteiger partial charge on any atom is 0.312 e. The molecule has 0 atom stereocenters. The van der Waals surface area contributed by atoms with Gasteiger partial charge in [0, 0.05) is 16.7 Å². The molecule has 2 aromatic rings. The van der Waals surface area contributed by atoms with Crippen LogP contribution in [0.1, 0.15) is 5.56 Å². The molecule has 0 amide bonds. The van der Waals surface area contributed by atoms with Gasteiger partial charge in [0.2, 0.25) is 5.82 Å². The third-order valence-corrected chi connectivity index (χ3v) is 3.79. The number of anilines is 2. The Morgan fingerprint density at radius 1 is 1.40 bits per heavy atom. The molecular weight excluding hydrogens is 369 g/mol. The molecule has 0 aliphatic rings. The molecule has 0 saturated carbocycles. The van der Waals surface area contributed by atoms with Gasteiger partial charge in [-0.3, -0.25) is 10.1 Å². The van der Waals surface area contributed by atoms with Gasteiger partial charge in [-0.05, 0) is 34.5 Å². The summed E-state index contributed by atoms with van der Waals surface area (Å²) >= 11 is 15.4. The summed E-state index contributed by atoms with van der Waals surface area (Å²) in [6, 6.07) is 4.78. The quantitative estimate of drug-likeness (QED) is 0.596. The molecule has 0 fully saturated rings. The Labute approximate surface area is 133 Å². The van der Waals surface area contributed by atoms with E-state index in [1.807, 2.05) is 6.92 Å². The zero-order valence-corrected chi connectivity index (χ0v) is 13.3. The van der Waals surface area contributed by atoms with E-state index in [0.717, 1.165) is 5.56 Å². The van der Waals surface area contributed by atoms with Gasteiger partial charge in [0.1, 0.15) is 0 Å².